The van der Waals surface area contributed by atoms with Gasteiger partial charge in [-0.2, -0.15) is 26.3 Å². The number of ether oxygens (including phenoxy) is 1. The zero-order chi connectivity index (χ0) is 25.4. The molecule has 2 saturated heterocycles. The van der Waals surface area contributed by atoms with Crippen molar-refractivity contribution >= 4 is 18.3 Å². The number of benzene rings is 2. The highest BCUT2D eigenvalue weighted by Crippen LogP contribution is 2.47. The van der Waals surface area contributed by atoms with Crippen molar-refractivity contribution in [2.24, 2.45) is 5.92 Å². The number of fused-ring (bicyclic) bond motifs is 2. The topological polar surface area (TPSA) is 50.4 Å². The first-order valence-electron chi connectivity index (χ1n) is 11.4. The van der Waals surface area contributed by atoms with Gasteiger partial charge < -0.3 is 15.4 Å². The van der Waals surface area contributed by atoms with Crippen molar-refractivity contribution in [2.75, 3.05) is 13.7 Å². The van der Waals surface area contributed by atoms with Crippen LogP contribution in [0.4, 0.5) is 26.3 Å². The van der Waals surface area contributed by atoms with Gasteiger partial charge in [-0.15, -0.1) is 12.4 Å². The van der Waals surface area contributed by atoms with Gasteiger partial charge in [0.15, 0.2) is 0 Å². The Morgan fingerprint density at radius 3 is 2.19 bits per heavy atom. The highest BCUT2D eigenvalue weighted by atomic mass is 35.5. The van der Waals surface area contributed by atoms with Crippen molar-refractivity contribution in [3.05, 3.63) is 70.8 Å². The van der Waals surface area contributed by atoms with Gasteiger partial charge in [0.25, 0.3) is 0 Å². The highest BCUT2D eigenvalue weighted by Gasteiger charge is 2.55. The van der Waals surface area contributed by atoms with Crippen molar-refractivity contribution < 1.29 is 35.9 Å². The van der Waals surface area contributed by atoms with Crippen LogP contribution in [-0.2, 0) is 33.8 Å². The smallest absolute Gasteiger partial charge is 0.376 e. The third kappa shape index (κ3) is 5.65. The van der Waals surface area contributed by atoms with Crippen LogP contribution in [0.2, 0.25) is 0 Å². The molecular formula is C25H27ClF6N2O2. The number of nitrogens with one attached hydrogen (secondary N) is 2. The maximum atomic E-state index is 13.2. The van der Waals surface area contributed by atoms with E-state index < -0.39 is 35.1 Å². The van der Waals surface area contributed by atoms with Crippen molar-refractivity contribution in [1.29, 1.82) is 0 Å². The van der Waals surface area contributed by atoms with Crippen LogP contribution >= 0.6 is 12.4 Å². The molecule has 2 heterocycles. The highest BCUT2D eigenvalue weighted by molar-refractivity contribution is 5.85. The number of piperidine rings is 1. The van der Waals surface area contributed by atoms with Crippen LogP contribution in [-0.4, -0.2) is 31.7 Å². The Labute approximate surface area is 211 Å². The number of carbonyl (C=O) groups is 1. The summed E-state index contributed by atoms with van der Waals surface area (Å²) in [5, 5.41) is 6.26. The molecule has 0 saturated carbocycles. The Bertz CT molecular complexity index is 1030. The zero-order valence-corrected chi connectivity index (χ0v) is 20.2. The maximum absolute atomic E-state index is 13.2. The number of alkyl halides is 6. The van der Waals surface area contributed by atoms with Crippen LogP contribution in [0.15, 0.2) is 48.5 Å². The van der Waals surface area contributed by atoms with Crippen molar-refractivity contribution in [2.45, 2.75) is 55.7 Å². The van der Waals surface area contributed by atoms with Gasteiger partial charge in [0.2, 0.25) is 5.91 Å². The van der Waals surface area contributed by atoms with Gasteiger partial charge in [-0.05, 0) is 55.0 Å². The third-order valence-electron chi connectivity index (χ3n) is 6.99. The first-order valence-corrected chi connectivity index (χ1v) is 11.4. The average molecular weight is 537 g/mol. The average Bonchev–Trinajstić information content (AvgIpc) is 3.13. The molecule has 2 aliphatic rings. The van der Waals surface area contributed by atoms with Gasteiger partial charge in [-0.3, -0.25) is 4.79 Å². The Kier molecular flexibility index (Phi) is 8.32. The van der Waals surface area contributed by atoms with E-state index in [1.807, 2.05) is 30.3 Å². The Morgan fingerprint density at radius 2 is 1.64 bits per heavy atom. The summed E-state index contributed by atoms with van der Waals surface area (Å²) in [7, 11) is 1.58. The lowest BCUT2D eigenvalue weighted by molar-refractivity contribution is -0.143. The Morgan fingerprint density at radius 1 is 1.03 bits per heavy atom. The van der Waals surface area contributed by atoms with Gasteiger partial charge in [-0.25, -0.2) is 0 Å². The molecule has 11 heteroatoms. The molecule has 0 radical (unpaired) electrons. The van der Waals surface area contributed by atoms with Gasteiger partial charge in [0.05, 0.1) is 35.3 Å². The molecule has 2 bridgehead atoms. The SMILES string of the molecule is CNC(=O)C1CC2(c3ccccc3)NC1CCC2OCCc1cc(C(F)(F)F)cc(C(F)(F)F)c1.Cl. The van der Waals surface area contributed by atoms with E-state index >= 15 is 0 Å². The predicted octanol–water partition coefficient (Wildman–Crippen LogP) is 5.49. The molecule has 0 spiro atoms. The van der Waals surface area contributed by atoms with Crippen LogP contribution in [0, 0.1) is 5.92 Å². The fourth-order valence-corrected chi connectivity index (χ4v) is 5.35. The van der Waals surface area contributed by atoms with Gasteiger partial charge >= 0.3 is 12.4 Å². The maximum Gasteiger partial charge on any atom is 0.416 e. The standard InChI is InChI=1S/C25H26F6N2O2.ClH/c1-32-22(34)19-14-23(16-5-3-2-4-6-16)21(8-7-20(19)33-23)35-10-9-15-11-17(24(26,27)28)13-18(12-15)25(29,30)31;/h2-6,11-13,19-21,33H,7-10,14H2,1H3,(H,32,34);1H. The van der Waals surface area contributed by atoms with E-state index in [-0.39, 0.29) is 54.9 Å². The number of carbonyl (C=O) groups excluding carboxylic acids is 1. The number of hydrogen-bond acceptors (Lipinski definition) is 3. The second kappa shape index (κ2) is 10.6. The monoisotopic (exact) mass is 536 g/mol. The van der Waals surface area contributed by atoms with Crippen molar-refractivity contribution in [3.63, 3.8) is 0 Å². The number of amides is 1. The summed E-state index contributed by atoms with van der Waals surface area (Å²) in [5.41, 5.74) is -2.52. The Hall–Kier alpha value is -2.30. The van der Waals surface area contributed by atoms with Crippen molar-refractivity contribution in [1.82, 2.24) is 10.6 Å². The fraction of sp³-hybridized carbons (Fsp3) is 0.480. The minimum absolute atomic E-state index is 0. The lowest BCUT2D eigenvalue weighted by Gasteiger charge is -2.42. The minimum atomic E-state index is -4.89. The van der Waals surface area contributed by atoms with Crippen molar-refractivity contribution in [3.8, 4) is 0 Å². The molecule has 1 amide bonds. The fourth-order valence-electron chi connectivity index (χ4n) is 5.35. The summed E-state index contributed by atoms with van der Waals surface area (Å²) in [6.07, 6.45) is -8.55. The second-order valence-corrected chi connectivity index (χ2v) is 9.11. The van der Waals surface area contributed by atoms with Crippen LogP contribution in [0.25, 0.3) is 0 Å². The summed E-state index contributed by atoms with van der Waals surface area (Å²) >= 11 is 0. The van der Waals surface area contributed by atoms with E-state index in [0.717, 1.165) is 17.7 Å². The van der Waals surface area contributed by atoms with Gasteiger partial charge in [-0.1, -0.05) is 30.3 Å². The number of rotatable bonds is 6. The molecule has 2 aromatic rings. The van der Waals surface area contributed by atoms with Crippen LogP contribution in [0.3, 0.4) is 0 Å². The normalized spacial score (nSPS) is 25.8. The number of hydrogen-bond donors (Lipinski definition) is 2. The number of halogens is 7. The molecule has 2 aliphatic heterocycles. The molecule has 0 aliphatic carbocycles. The quantitative estimate of drug-likeness (QED) is 0.480. The van der Waals surface area contributed by atoms with E-state index in [0.29, 0.717) is 19.3 Å². The minimum Gasteiger partial charge on any atom is -0.376 e. The molecule has 2 fully saturated rings. The van der Waals surface area contributed by atoms with E-state index in [9.17, 15) is 31.1 Å². The third-order valence-corrected chi connectivity index (χ3v) is 6.99. The first-order chi connectivity index (χ1) is 16.4. The molecule has 0 aromatic heterocycles. The van der Waals surface area contributed by atoms with E-state index in [4.69, 9.17) is 4.74 Å². The zero-order valence-electron chi connectivity index (χ0n) is 19.4. The molecule has 4 unspecified atom stereocenters. The summed E-state index contributed by atoms with van der Waals surface area (Å²) in [4.78, 5) is 12.5. The summed E-state index contributed by atoms with van der Waals surface area (Å²) in [6, 6.07) is 11.0. The summed E-state index contributed by atoms with van der Waals surface area (Å²) in [5.74, 6) is -0.351. The molecule has 4 nitrogen and oxygen atoms in total. The Balaban J connectivity index is 0.00000361. The van der Waals surface area contributed by atoms with Gasteiger partial charge in [0.1, 0.15) is 0 Å². The van der Waals surface area contributed by atoms with E-state index in [2.05, 4.69) is 10.6 Å². The molecular weight excluding hydrogens is 510 g/mol. The van der Waals surface area contributed by atoms with Gasteiger partial charge in [0, 0.05) is 13.1 Å². The summed E-state index contributed by atoms with van der Waals surface area (Å²) < 4.78 is 85.2. The molecule has 36 heavy (non-hydrogen) atoms. The lowest BCUT2D eigenvalue weighted by Crippen LogP contribution is -2.54. The van der Waals surface area contributed by atoms with E-state index in [1.54, 1.807) is 7.05 Å². The molecule has 4 atom stereocenters. The molecule has 4 rings (SSSR count). The molecule has 198 valence electrons. The first kappa shape index (κ1) is 28.3. The second-order valence-electron chi connectivity index (χ2n) is 9.11. The predicted molar refractivity (Wildman–Crippen MR) is 124 cm³/mol. The van der Waals surface area contributed by atoms with E-state index in [1.165, 1.54) is 0 Å². The lowest BCUT2D eigenvalue weighted by atomic mass is 9.80. The summed E-state index contributed by atoms with van der Waals surface area (Å²) in [6.45, 7) is -0.0607. The van der Waals surface area contributed by atoms with Crippen LogP contribution < -0.4 is 10.6 Å². The molecule has 2 aromatic carbocycles. The molecule has 2 N–H and O–H groups in total. The van der Waals surface area contributed by atoms with Crippen LogP contribution in [0.1, 0.15) is 41.5 Å². The largest absolute Gasteiger partial charge is 0.416 e. The van der Waals surface area contributed by atoms with Crippen LogP contribution in [0.5, 0.6) is 0 Å².